The van der Waals surface area contributed by atoms with Gasteiger partial charge in [0.1, 0.15) is 5.75 Å². The van der Waals surface area contributed by atoms with Gasteiger partial charge in [-0.1, -0.05) is 6.07 Å². The molecule has 1 aliphatic heterocycles. The summed E-state index contributed by atoms with van der Waals surface area (Å²) in [6.07, 6.45) is -3.58. The Morgan fingerprint density at radius 1 is 0.971 bits per heavy atom. The van der Waals surface area contributed by atoms with Crippen molar-refractivity contribution in [2.24, 2.45) is 0 Å². The second-order valence-corrected chi connectivity index (χ2v) is 9.24. The lowest BCUT2D eigenvalue weighted by atomic mass is 10.1. The number of benzene rings is 2. The highest BCUT2D eigenvalue weighted by Crippen LogP contribution is 2.30. The zero-order valence-electron chi connectivity index (χ0n) is 19.6. The number of rotatable bonds is 5. The number of ether oxygens (including phenoxy) is 1. The number of nitrogens with one attached hydrogen (secondary N) is 1. The number of halogens is 3. The maximum atomic E-state index is 12.9. The van der Waals surface area contributed by atoms with Gasteiger partial charge in [-0.15, -0.1) is 0 Å². The molecule has 0 radical (unpaired) electrons. The minimum absolute atomic E-state index is 0.0341. The molecule has 0 aliphatic carbocycles. The Balaban J connectivity index is 1.52. The van der Waals surface area contributed by atoms with E-state index in [1.807, 2.05) is 4.90 Å². The molecular formula is C25H30F3N3O3. The first-order valence-electron chi connectivity index (χ1n) is 11.2. The standard InChI is InChI=1S/C25H30F3N3O3/c1-24(2,3)31-13-5-12-30(14-15-31)23(33)18-8-10-21(11-9-18)34-17-22(32)29-20-7-4-6-19(16-20)25(26,27)28/h4,6-11,16H,5,12-15,17H2,1-3H3,(H,29,32). The highest BCUT2D eigenvalue weighted by Gasteiger charge is 2.30. The predicted molar refractivity (Wildman–Crippen MR) is 124 cm³/mol. The summed E-state index contributed by atoms with van der Waals surface area (Å²) in [4.78, 5) is 29.2. The number of hydrogen-bond acceptors (Lipinski definition) is 4. The zero-order valence-corrected chi connectivity index (χ0v) is 19.6. The van der Waals surface area contributed by atoms with Crippen LogP contribution in [0.2, 0.25) is 0 Å². The molecule has 0 saturated carbocycles. The summed E-state index contributed by atoms with van der Waals surface area (Å²) < 4.78 is 43.8. The average Bonchev–Trinajstić information content (AvgIpc) is 3.04. The van der Waals surface area contributed by atoms with Crippen LogP contribution in [0.25, 0.3) is 0 Å². The zero-order chi connectivity index (χ0) is 24.9. The van der Waals surface area contributed by atoms with Gasteiger partial charge in [-0.2, -0.15) is 13.2 Å². The van der Waals surface area contributed by atoms with Crippen molar-refractivity contribution >= 4 is 17.5 Å². The van der Waals surface area contributed by atoms with Crippen molar-refractivity contribution in [3.8, 4) is 5.75 Å². The Morgan fingerprint density at radius 3 is 2.32 bits per heavy atom. The van der Waals surface area contributed by atoms with Crippen LogP contribution in [-0.4, -0.2) is 59.9 Å². The lowest BCUT2D eigenvalue weighted by Gasteiger charge is -2.34. The van der Waals surface area contributed by atoms with E-state index in [1.165, 1.54) is 12.1 Å². The fourth-order valence-corrected chi connectivity index (χ4v) is 3.79. The Bertz CT molecular complexity index is 1000. The van der Waals surface area contributed by atoms with Crippen LogP contribution in [-0.2, 0) is 11.0 Å². The number of anilines is 1. The van der Waals surface area contributed by atoms with Crippen LogP contribution in [0.1, 0.15) is 43.1 Å². The molecule has 6 nitrogen and oxygen atoms in total. The summed E-state index contributed by atoms with van der Waals surface area (Å²) in [5, 5.41) is 2.39. The number of alkyl halides is 3. The molecule has 184 valence electrons. The molecule has 2 aromatic carbocycles. The van der Waals surface area contributed by atoms with Gasteiger partial charge in [0.25, 0.3) is 11.8 Å². The second-order valence-electron chi connectivity index (χ2n) is 9.24. The Hall–Kier alpha value is -3.07. The van der Waals surface area contributed by atoms with Gasteiger partial charge in [0.05, 0.1) is 5.56 Å². The number of nitrogens with zero attached hydrogens (tertiary/aromatic N) is 2. The maximum Gasteiger partial charge on any atom is 0.416 e. The molecule has 9 heteroatoms. The van der Waals surface area contributed by atoms with Crippen LogP contribution in [0.15, 0.2) is 48.5 Å². The Labute approximate surface area is 197 Å². The fraction of sp³-hybridized carbons (Fsp3) is 0.440. The highest BCUT2D eigenvalue weighted by molar-refractivity contribution is 5.94. The molecule has 1 N–H and O–H groups in total. The third-order valence-electron chi connectivity index (χ3n) is 5.68. The van der Waals surface area contributed by atoms with Gasteiger partial charge in [0, 0.05) is 43.0 Å². The maximum absolute atomic E-state index is 12.9. The first-order valence-corrected chi connectivity index (χ1v) is 11.2. The van der Waals surface area contributed by atoms with E-state index in [0.29, 0.717) is 24.4 Å². The van der Waals surface area contributed by atoms with Crippen molar-refractivity contribution in [3.63, 3.8) is 0 Å². The largest absolute Gasteiger partial charge is 0.484 e. The van der Waals surface area contributed by atoms with Crippen molar-refractivity contribution in [3.05, 3.63) is 59.7 Å². The molecule has 1 aliphatic rings. The summed E-state index contributed by atoms with van der Waals surface area (Å²) in [5.41, 5.74) is -0.218. The average molecular weight is 478 g/mol. The first-order chi connectivity index (χ1) is 15.9. The number of carbonyl (C=O) groups is 2. The van der Waals surface area contributed by atoms with Gasteiger partial charge in [0.2, 0.25) is 0 Å². The molecular weight excluding hydrogens is 447 g/mol. The lowest BCUT2D eigenvalue weighted by Crippen LogP contribution is -2.44. The van der Waals surface area contributed by atoms with Crippen LogP contribution in [0.5, 0.6) is 5.75 Å². The third kappa shape index (κ3) is 6.96. The van der Waals surface area contributed by atoms with Gasteiger partial charge >= 0.3 is 6.18 Å². The van der Waals surface area contributed by atoms with Crippen molar-refractivity contribution in [1.82, 2.24) is 9.80 Å². The first kappa shape index (κ1) is 25.6. The number of amides is 2. The molecule has 1 heterocycles. The van der Waals surface area contributed by atoms with E-state index in [2.05, 4.69) is 31.0 Å². The topological polar surface area (TPSA) is 61.9 Å². The molecule has 2 aromatic rings. The molecule has 3 rings (SSSR count). The quantitative estimate of drug-likeness (QED) is 0.680. The van der Waals surface area contributed by atoms with E-state index in [9.17, 15) is 22.8 Å². The molecule has 0 bridgehead atoms. The van der Waals surface area contributed by atoms with Gasteiger partial charge in [-0.3, -0.25) is 14.5 Å². The van der Waals surface area contributed by atoms with Crippen LogP contribution in [0.4, 0.5) is 18.9 Å². The van der Waals surface area contributed by atoms with Crippen molar-refractivity contribution < 1.29 is 27.5 Å². The summed E-state index contributed by atoms with van der Waals surface area (Å²) in [7, 11) is 0. The van der Waals surface area contributed by atoms with E-state index in [4.69, 9.17) is 4.74 Å². The van der Waals surface area contributed by atoms with E-state index in [0.717, 1.165) is 31.6 Å². The molecule has 0 unspecified atom stereocenters. The fourth-order valence-electron chi connectivity index (χ4n) is 3.79. The monoisotopic (exact) mass is 477 g/mol. The second kappa shape index (κ2) is 10.5. The molecule has 34 heavy (non-hydrogen) atoms. The molecule has 1 saturated heterocycles. The van der Waals surface area contributed by atoms with Crippen LogP contribution in [0, 0.1) is 0 Å². The molecule has 0 aromatic heterocycles. The highest BCUT2D eigenvalue weighted by atomic mass is 19.4. The lowest BCUT2D eigenvalue weighted by molar-refractivity contribution is -0.137. The Morgan fingerprint density at radius 2 is 1.68 bits per heavy atom. The van der Waals surface area contributed by atoms with Crippen LogP contribution < -0.4 is 10.1 Å². The molecule has 1 fully saturated rings. The summed E-state index contributed by atoms with van der Waals surface area (Å²) in [6.45, 7) is 9.25. The van der Waals surface area contributed by atoms with E-state index >= 15 is 0 Å². The minimum atomic E-state index is -4.49. The van der Waals surface area contributed by atoms with E-state index in [-0.39, 0.29) is 23.7 Å². The molecule has 0 spiro atoms. The Kier molecular flexibility index (Phi) is 7.86. The van der Waals surface area contributed by atoms with Gasteiger partial charge in [-0.05, 0) is 69.7 Å². The molecule has 2 amide bonds. The third-order valence-corrected chi connectivity index (χ3v) is 5.68. The molecule has 0 atom stereocenters. The minimum Gasteiger partial charge on any atom is -0.484 e. The smallest absolute Gasteiger partial charge is 0.416 e. The normalized spacial score (nSPS) is 15.5. The van der Waals surface area contributed by atoms with Crippen molar-refractivity contribution in [2.75, 3.05) is 38.1 Å². The summed E-state index contributed by atoms with van der Waals surface area (Å²) in [6, 6.07) is 10.9. The van der Waals surface area contributed by atoms with Gasteiger partial charge < -0.3 is 15.0 Å². The van der Waals surface area contributed by atoms with Crippen LogP contribution in [0.3, 0.4) is 0 Å². The summed E-state index contributed by atoms with van der Waals surface area (Å²) in [5.74, 6) is -0.262. The van der Waals surface area contributed by atoms with E-state index in [1.54, 1.807) is 24.3 Å². The number of hydrogen-bond donors (Lipinski definition) is 1. The van der Waals surface area contributed by atoms with E-state index < -0.39 is 17.6 Å². The SMILES string of the molecule is CC(C)(C)N1CCCN(C(=O)c2ccc(OCC(=O)Nc3cccc(C(F)(F)F)c3)cc2)CC1. The number of carbonyl (C=O) groups excluding carboxylic acids is 2. The van der Waals surface area contributed by atoms with Crippen molar-refractivity contribution in [2.45, 2.75) is 38.9 Å². The van der Waals surface area contributed by atoms with Gasteiger partial charge in [-0.25, -0.2) is 0 Å². The summed E-state index contributed by atoms with van der Waals surface area (Å²) >= 11 is 0. The van der Waals surface area contributed by atoms with Crippen molar-refractivity contribution in [1.29, 1.82) is 0 Å². The van der Waals surface area contributed by atoms with Crippen LogP contribution >= 0.6 is 0 Å². The van der Waals surface area contributed by atoms with Gasteiger partial charge in [0.15, 0.2) is 6.61 Å². The predicted octanol–water partition coefficient (Wildman–Crippen LogP) is 4.67.